The van der Waals surface area contributed by atoms with Crippen molar-refractivity contribution in [3.8, 4) is 0 Å². The molecule has 0 heterocycles. The van der Waals surface area contributed by atoms with Crippen LogP contribution in [0.15, 0.2) is 48.6 Å². The van der Waals surface area contributed by atoms with Crippen molar-refractivity contribution in [2.45, 2.75) is 361 Å². The summed E-state index contributed by atoms with van der Waals surface area (Å²) in [5.41, 5.74) is 0. The zero-order chi connectivity index (χ0) is 54.3. The van der Waals surface area contributed by atoms with E-state index in [-0.39, 0.29) is 31.1 Å². The molecule has 0 rings (SSSR count). The van der Waals surface area contributed by atoms with Crippen molar-refractivity contribution < 1.29 is 28.6 Å². The predicted octanol–water partition coefficient (Wildman–Crippen LogP) is 22.6. The highest BCUT2D eigenvalue weighted by atomic mass is 16.6. The molecule has 0 radical (unpaired) electrons. The maximum Gasteiger partial charge on any atom is 0.306 e. The fourth-order valence-electron chi connectivity index (χ4n) is 9.75. The van der Waals surface area contributed by atoms with Crippen LogP contribution in [0.3, 0.4) is 0 Å². The summed E-state index contributed by atoms with van der Waals surface area (Å²) >= 11 is 0. The molecule has 438 valence electrons. The molecule has 0 aromatic carbocycles. The topological polar surface area (TPSA) is 78.9 Å². The van der Waals surface area contributed by atoms with Crippen LogP contribution >= 0.6 is 0 Å². The highest BCUT2D eigenvalue weighted by Gasteiger charge is 2.19. The van der Waals surface area contributed by atoms with Gasteiger partial charge in [0.1, 0.15) is 13.2 Å². The first kappa shape index (κ1) is 72.4. The Morgan fingerprint density at radius 1 is 0.267 bits per heavy atom. The first-order chi connectivity index (χ1) is 37.0. The van der Waals surface area contributed by atoms with Crippen molar-refractivity contribution in [2.24, 2.45) is 0 Å². The van der Waals surface area contributed by atoms with E-state index in [0.717, 1.165) is 89.9 Å². The van der Waals surface area contributed by atoms with Crippen molar-refractivity contribution in [3.05, 3.63) is 48.6 Å². The van der Waals surface area contributed by atoms with Gasteiger partial charge in [0.15, 0.2) is 6.10 Å². The predicted molar refractivity (Wildman–Crippen MR) is 325 cm³/mol. The molecule has 6 heteroatoms. The van der Waals surface area contributed by atoms with E-state index in [1.807, 2.05) is 0 Å². The molecule has 0 saturated carbocycles. The van der Waals surface area contributed by atoms with E-state index in [9.17, 15) is 14.4 Å². The Bertz CT molecular complexity index is 1300. The van der Waals surface area contributed by atoms with Gasteiger partial charge in [-0.15, -0.1) is 0 Å². The van der Waals surface area contributed by atoms with Crippen LogP contribution in [0.25, 0.3) is 0 Å². The molecule has 0 N–H and O–H groups in total. The Morgan fingerprint density at radius 3 is 0.813 bits per heavy atom. The Kier molecular flexibility index (Phi) is 61.7. The summed E-state index contributed by atoms with van der Waals surface area (Å²) in [4.78, 5) is 38.2. The van der Waals surface area contributed by atoms with Crippen molar-refractivity contribution in [2.75, 3.05) is 13.2 Å². The van der Waals surface area contributed by atoms with E-state index in [0.29, 0.717) is 19.3 Å². The van der Waals surface area contributed by atoms with Gasteiger partial charge in [-0.1, -0.05) is 288 Å². The zero-order valence-corrected chi connectivity index (χ0v) is 50.3. The molecule has 6 nitrogen and oxygen atoms in total. The number of carbonyl (C=O) groups is 3. The molecular weight excluding hydrogens is 925 g/mol. The largest absolute Gasteiger partial charge is 0.462 e. The number of unbranched alkanes of at least 4 members (excludes halogenated alkanes) is 42. The standard InChI is InChI=1S/C69H126O6/c1-4-7-10-13-16-19-22-25-27-28-29-30-31-32-33-34-35-36-37-38-39-40-41-42-43-45-47-50-53-56-59-62-68(71)74-65-66(64-73-67(70)61-58-55-52-49-46-24-21-18-15-12-9-6-3)75-69(72)63-60-57-54-51-48-44-26-23-20-17-14-11-8-5-2/h14,17-18,21,23,26,28-29,66H,4-13,15-16,19-20,22,24-25,27,30-65H2,1-3H3/b17-14-,21-18-,26-23-,29-28-. The molecule has 0 fully saturated rings. The SMILES string of the molecule is CCCC/C=C\C/C=C\CCCCCCCC(=O)OC(COC(=O)CCCCCCC/C=C\CCCCC)COC(=O)CCCCCCCCCCCCCCCCCCCCC/C=C\CCCCCCCCCC. The Morgan fingerprint density at radius 2 is 0.493 bits per heavy atom. The van der Waals surface area contributed by atoms with Crippen LogP contribution in [0.1, 0.15) is 355 Å². The summed E-state index contributed by atoms with van der Waals surface area (Å²) in [5.74, 6) is -0.885. The van der Waals surface area contributed by atoms with Gasteiger partial charge in [-0.3, -0.25) is 14.4 Å². The fourth-order valence-corrected chi connectivity index (χ4v) is 9.75. The summed E-state index contributed by atoms with van der Waals surface area (Å²) in [5, 5.41) is 0. The normalized spacial score (nSPS) is 12.3. The summed E-state index contributed by atoms with van der Waals surface area (Å²) < 4.78 is 16.9. The molecule has 0 aliphatic heterocycles. The molecule has 0 aromatic heterocycles. The minimum Gasteiger partial charge on any atom is -0.462 e. The van der Waals surface area contributed by atoms with Gasteiger partial charge in [0.05, 0.1) is 0 Å². The van der Waals surface area contributed by atoms with Crippen LogP contribution in [-0.4, -0.2) is 37.2 Å². The van der Waals surface area contributed by atoms with Crippen LogP contribution in [0.2, 0.25) is 0 Å². The second kappa shape index (κ2) is 63.9. The Balaban J connectivity index is 4.10. The zero-order valence-electron chi connectivity index (χ0n) is 50.3. The van der Waals surface area contributed by atoms with Gasteiger partial charge < -0.3 is 14.2 Å². The molecule has 0 bridgehead atoms. The monoisotopic (exact) mass is 1050 g/mol. The van der Waals surface area contributed by atoms with E-state index in [1.165, 1.54) is 225 Å². The average Bonchev–Trinajstić information content (AvgIpc) is 3.41. The van der Waals surface area contributed by atoms with E-state index in [1.54, 1.807) is 0 Å². The van der Waals surface area contributed by atoms with Gasteiger partial charge in [0, 0.05) is 19.3 Å². The molecule has 75 heavy (non-hydrogen) atoms. The number of allylic oxidation sites excluding steroid dienone is 8. The summed E-state index contributed by atoms with van der Waals surface area (Å²) in [6, 6.07) is 0. The summed E-state index contributed by atoms with van der Waals surface area (Å²) in [6.07, 6.45) is 80.0. The van der Waals surface area contributed by atoms with Gasteiger partial charge in [-0.25, -0.2) is 0 Å². The third-order valence-electron chi connectivity index (χ3n) is 14.8. The molecule has 0 spiro atoms. The van der Waals surface area contributed by atoms with Crippen LogP contribution in [0, 0.1) is 0 Å². The first-order valence-corrected chi connectivity index (χ1v) is 33.1. The van der Waals surface area contributed by atoms with E-state index in [2.05, 4.69) is 69.4 Å². The van der Waals surface area contributed by atoms with Crippen molar-refractivity contribution in [1.29, 1.82) is 0 Å². The number of hydrogen-bond acceptors (Lipinski definition) is 6. The summed E-state index contributed by atoms with van der Waals surface area (Å²) in [7, 11) is 0. The quantitative estimate of drug-likeness (QED) is 0.0261. The lowest BCUT2D eigenvalue weighted by Crippen LogP contribution is -2.30. The fraction of sp³-hybridized carbons (Fsp3) is 0.841. The lowest BCUT2D eigenvalue weighted by atomic mass is 10.0. The van der Waals surface area contributed by atoms with Gasteiger partial charge in [-0.2, -0.15) is 0 Å². The molecule has 0 aliphatic rings. The minimum absolute atomic E-state index is 0.0784. The van der Waals surface area contributed by atoms with E-state index >= 15 is 0 Å². The number of esters is 3. The molecule has 0 amide bonds. The maximum absolute atomic E-state index is 12.9. The van der Waals surface area contributed by atoms with Crippen molar-refractivity contribution in [1.82, 2.24) is 0 Å². The van der Waals surface area contributed by atoms with Gasteiger partial charge >= 0.3 is 17.9 Å². The van der Waals surface area contributed by atoms with E-state index in [4.69, 9.17) is 14.2 Å². The molecule has 0 aromatic rings. The second-order valence-electron chi connectivity index (χ2n) is 22.4. The van der Waals surface area contributed by atoms with Crippen molar-refractivity contribution in [3.63, 3.8) is 0 Å². The highest BCUT2D eigenvalue weighted by Crippen LogP contribution is 2.17. The molecule has 0 saturated heterocycles. The highest BCUT2D eigenvalue weighted by molar-refractivity contribution is 5.71. The number of rotatable bonds is 61. The minimum atomic E-state index is -0.782. The van der Waals surface area contributed by atoms with Gasteiger partial charge in [0.2, 0.25) is 0 Å². The average molecular weight is 1050 g/mol. The Hall–Kier alpha value is -2.63. The molecule has 0 aliphatic carbocycles. The van der Waals surface area contributed by atoms with Crippen LogP contribution in [-0.2, 0) is 28.6 Å². The maximum atomic E-state index is 12.9. The van der Waals surface area contributed by atoms with Crippen LogP contribution in [0.4, 0.5) is 0 Å². The number of carbonyl (C=O) groups excluding carboxylic acids is 3. The van der Waals surface area contributed by atoms with E-state index < -0.39 is 6.10 Å². The van der Waals surface area contributed by atoms with Crippen LogP contribution < -0.4 is 0 Å². The number of ether oxygens (including phenoxy) is 3. The molecule has 1 atom stereocenters. The molecule has 1 unspecified atom stereocenters. The lowest BCUT2D eigenvalue weighted by Gasteiger charge is -2.18. The van der Waals surface area contributed by atoms with Crippen LogP contribution in [0.5, 0.6) is 0 Å². The third kappa shape index (κ3) is 62.1. The molecular formula is C69H126O6. The second-order valence-corrected chi connectivity index (χ2v) is 22.4. The lowest BCUT2D eigenvalue weighted by molar-refractivity contribution is -0.167. The van der Waals surface area contributed by atoms with Gasteiger partial charge in [-0.05, 0) is 96.3 Å². The smallest absolute Gasteiger partial charge is 0.306 e. The van der Waals surface area contributed by atoms with Crippen molar-refractivity contribution >= 4 is 17.9 Å². The number of hydrogen-bond donors (Lipinski definition) is 0. The van der Waals surface area contributed by atoms with Gasteiger partial charge in [0.25, 0.3) is 0 Å². The third-order valence-corrected chi connectivity index (χ3v) is 14.8. The summed E-state index contributed by atoms with van der Waals surface area (Å²) in [6.45, 7) is 6.60. The Labute approximate surface area is 467 Å². The first-order valence-electron chi connectivity index (χ1n) is 33.1.